The zero-order valence-corrected chi connectivity index (χ0v) is 8.42. The van der Waals surface area contributed by atoms with Crippen LogP contribution in [-0.4, -0.2) is 6.61 Å². The van der Waals surface area contributed by atoms with Gasteiger partial charge in [0.25, 0.3) is 0 Å². The van der Waals surface area contributed by atoms with Gasteiger partial charge >= 0.3 is 0 Å². The van der Waals surface area contributed by atoms with Gasteiger partial charge in [-0.3, -0.25) is 0 Å². The molecular formula is C12H15FO. The molecule has 0 aromatic heterocycles. The Hall–Kier alpha value is -0.890. The second kappa shape index (κ2) is 4.09. The molecule has 0 aliphatic heterocycles. The summed E-state index contributed by atoms with van der Waals surface area (Å²) in [6.07, 6.45) is 3.01. The van der Waals surface area contributed by atoms with Crippen molar-refractivity contribution in [2.45, 2.75) is 32.3 Å². The van der Waals surface area contributed by atoms with Crippen molar-refractivity contribution in [1.29, 1.82) is 0 Å². The molecule has 0 saturated heterocycles. The van der Waals surface area contributed by atoms with Gasteiger partial charge in [-0.2, -0.15) is 0 Å². The number of hydrogen-bond donors (Lipinski definition) is 0. The third kappa shape index (κ3) is 1.67. The van der Waals surface area contributed by atoms with Gasteiger partial charge in [0.15, 0.2) is 0 Å². The normalized spacial score (nSPS) is 20.6. The third-order valence-electron chi connectivity index (χ3n) is 2.76. The minimum atomic E-state index is -0.0769. The van der Waals surface area contributed by atoms with Crippen LogP contribution in [0.15, 0.2) is 18.2 Å². The van der Waals surface area contributed by atoms with Crippen LogP contribution >= 0.6 is 0 Å². The van der Waals surface area contributed by atoms with Crippen molar-refractivity contribution in [3.05, 3.63) is 35.1 Å². The highest BCUT2D eigenvalue weighted by molar-refractivity contribution is 5.32. The predicted octanol–water partition coefficient (Wildman–Crippen LogP) is 3.24. The van der Waals surface area contributed by atoms with Gasteiger partial charge < -0.3 is 4.74 Å². The van der Waals surface area contributed by atoms with E-state index in [-0.39, 0.29) is 11.9 Å². The van der Waals surface area contributed by atoms with Crippen LogP contribution in [0.25, 0.3) is 0 Å². The summed E-state index contributed by atoms with van der Waals surface area (Å²) >= 11 is 0. The molecule has 1 aromatic rings. The van der Waals surface area contributed by atoms with Crippen molar-refractivity contribution in [2.75, 3.05) is 6.61 Å². The molecule has 1 atom stereocenters. The zero-order chi connectivity index (χ0) is 9.97. The molecule has 1 aliphatic rings. The maximum absolute atomic E-state index is 13.4. The first-order chi connectivity index (χ1) is 6.83. The van der Waals surface area contributed by atoms with Crippen molar-refractivity contribution in [3.63, 3.8) is 0 Å². The molecule has 0 bridgehead atoms. The molecule has 1 aliphatic carbocycles. The van der Waals surface area contributed by atoms with Crippen molar-refractivity contribution in [1.82, 2.24) is 0 Å². The lowest BCUT2D eigenvalue weighted by atomic mass is 9.89. The van der Waals surface area contributed by atoms with E-state index in [1.807, 2.05) is 13.0 Å². The summed E-state index contributed by atoms with van der Waals surface area (Å²) in [5.41, 5.74) is 1.91. The van der Waals surface area contributed by atoms with Crippen LogP contribution in [0.1, 0.15) is 37.0 Å². The van der Waals surface area contributed by atoms with Crippen LogP contribution in [0, 0.1) is 5.82 Å². The van der Waals surface area contributed by atoms with E-state index in [0.29, 0.717) is 6.61 Å². The van der Waals surface area contributed by atoms with E-state index in [1.165, 1.54) is 6.07 Å². The molecule has 0 N–H and O–H groups in total. The average Bonchev–Trinajstić information content (AvgIpc) is 2.20. The minimum Gasteiger partial charge on any atom is -0.374 e. The van der Waals surface area contributed by atoms with Crippen LogP contribution < -0.4 is 0 Å². The first-order valence-electron chi connectivity index (χ1n) is 5.21. The Labute approximate surface area is 83.9 Å². The van der Waals surface area contributed by atoms with E-state index in [9.17, 15) is 4.39 Å². The van der Waals surface area contributed by atoms with Gasteiger partial charge in [0.05, 0.1) is 6.10 Å². The Balaban J connectivity index is 2.34. The maximum Gasteiger partial charge on any atom is 0.126 e. The fourth-order valence-corrected chi connectivity index (χ4v) is 2.13. The lowest BCUT2D eigenvalue weighted by Gasteiger charge is -2.25. The van der Waals surface area contributed by atoms with Crippen LogP contribution in [0.4, 0.5) is 4.39 Å². The summed E-state index contributed by atoms with van der Waals surface area (Å²) < 4.78 is 19.0. The second-order valence-corrected chi connectivity index (χ2v) is 3.64. The Morgan fingerprint density at radius 2 is 2.36 bits per heavy atom. The summed E-state index contributed by atoms with van der Waals surface area (Å²) in [4.78, 5) is 0. The highest BCUT2D eigenvalue weighted by Crippen LogP contribution is 2.33. The molecular weight excluding hydrogens is 179 g/mol. The smallest absolute Gasteiger partial charge is 0.126 e. The van der Waals surface area contributed by atoms with Gasteiger partial charge in [-0.15, -0.1) is 0 Å². The first kappa shape index (κ1) is 9.66. The van der Waals surface area contributed by atoms with Crippen molar-refractivity contribution < 1.29 is 9.13 Å². The second-order valence-electron chi connectivity index (χ2n) is 3.64. The number of fused-ring (bicyclic) bond motifs is 1. The third-order valence-corrected chi connectivity index (χ3v) is 2.76. The minimum absolute atomic E-state index is 0.0769. The molecule has 1 aromatic carbocycles. The van der Waals surface area contributed by atoms with Gasteiger partial charge in [0.2, 0.25) is 0 Å². The molecule has 0 spiro atoms. The summed E-state index contributed by atoms with van der Waals surface area (Å²) in [5.74, 6) is -0.0769. The van der Waals surface area contributed by atoms with Crippen LogP contribution in [0.2, 0.25) is 0 Å². The fraction of sp³-hybridized carbons (Fsp3) is 0.500. The summed E-state index contributed by atoms with van der Waals surface area (Å²) in [5, 5.41) is 0. The molecule has 1 unspecified atom stereocenters. The van der Waals surface area contributed by atoms with E-state index in [1.54, 1.807) is 6.07 Å². The van der Waals surface area contributed by atoms with E-state index < -0.39 is 0 Å². The van der Waals surface area contributed by atoms with Gasteiger partial charge in [-0.1, -0.05) is 12.1 Å². The Kier molecular flexibility index (Phi) is 2.82. The lowest BCUT2D eigenvalue weighted by molar-refractivity contribution is 0.0495. The Morgan fingerprint density at radius 1 is 1.50 bits per heavy atom. The first-order valence-corrected chi connectivity index (χ1v) is 5.21. The van der Waals surface area contributed by atoms with Gasteiger partial charge in [0.1, 0.15) is 5.82 Å². The summed E-state index contributed by atoms with van der Waals surface area (Å²) in [6, 6.07) is 5.29. The molecule has 14 heavy (non-hydrogen) atoms. The Bertz CT molecular complexity index is 322. The van der Waals surface area contributed by atoms with Gasteiger partial charge in [-0.25, -0.2) is 4.39 Å². The monoisotopic (exact) mass is 194 g/mol. The van der Waals surface area contributed by atoms with E-state index in [4.69, 9.17) is 4.74 Å². The number of halogens is 1. The van der Waals surface area contributed by atoms with Gasteiger partial charge in [-0.05, 0) is 43.4 Å². The van der Waals surface area contributed by atoms with Crippen LogP contribution in [0.5, 0.6) is 0 Å². The number of rotatable bonds is 2. The topological polar surface area (TPSA) is 9.23 Å². The molecule has 2 heteroatoms. The van der Waals surface area contributed by atoms with Crippen LogP contribution in [0.3, 0.4) is 0 Å². The molecule has 1 nitrogen and oxygen atoms in total. The van der Waals surface area contributed by atoms with Crippen molar-refractivity contribution in [3.8, 4) is 0 Å². The fourth-order valence-electron chi connectivity index (χ4n) is 2.13. The lowest BCUT2D eigenvalue weighted by Crippen LogP contribution is -2.14. The predicted molar refractivity (Wildman–Crippen MR) is 53.7 cm³/mol. The van der Waals surface area contributed by atoms with Crippen LogP contribution in [-0.2, 0) is 11.2 Å². The molecule has 0 fully saturated rings. The molecule has 76 valence electrons. The molecule has 2 rings (SSSR count). The van der Waals surface area contributed by atoms with Gasteiger partial charge in [0, 0.05) is 6.61 Å². The molecule has 0 saturated carbocycles. The quantitative estimate of drug-likeness (QED) is 0.702. The zero-order valence-electron chi connectivity index (χ0n) is 8.42. The number of ether oxygens (including phenoxy) is 1. The largest absolute Gasteiger partial charge is 0.374 e. The molecule has 0 radical (unpaired) electrons. The highest BCUT2D eigenvalue weighted by Gasteiger charge is 2.22. The van der Waals surface area contributed by atoms with Crippen molar-refractivity contribution >= 4 is 0 Å². The standard InChI is InChI=1S/C12H15FO/c1-2-14-12-8-4-5-9-10(12)6-3-7-11(9)13/h3,6-7,12H,2,4-5,8H2,1H3. The summed E-state index contributed by atoms with van der Waals surface area (Å²) in [6.45, 7) is 2.67. The molecule has 0 heterocycles. The number of benzene rings is 1. The maximum atomic E-state index is 13.4. The van der Waals surface area contributed by atoms with E-state index in [0.717, 1.165) is 30.4 Å². The average molecular weight is 194 g/mol. The summed E-state index contributed by atoms with van der Waals surface area (Å²) in [7, 11) is 0. The van der Waals surface area contributed by atoms with E-state index in [2.05, 4.69) is 0 Å². The van der Waals surface area contributed by atoms with Crippen molar-refractivity contribution in [2.24, 2.45) is 0 Å². The SMILES string of the molecule is CCOC1CCCc2c(F)cccc21. The number of hydrogen-bond acceptors (Lipinski definition) is 1. The molecule has 0 amide bonds. The van der Waals surface area contributed by atoms with E-state index >= 15 is 0 Å². The Morgan fingerprint density at radius 3 is 3.14 bits per heavy atom. The highest BCUT2D eigenvalue weighted by atomic mass is 19.1.